The van der Waals surface area contributed by atoms with Gasteiger partial charge in [-0.15, -0.1) is 0 Å². The van der Waals surface area contributed by atoms with Gasteiger partial charge in [0.25, 0.3) is 0 Å². The standard InChI is InChI=1S/C19H24N2O4S/c1-4-19(22)20-17-13-16(11-12-18(17)25-5-2)26(23,24)21-14(3)15-9-7-6-8-10-15/h6-14,21H,4-5H2,1-3H3,(H,20,22)/t14-/m0/s1. The summed E-state index contributed by atoms with van der Waals surface area (Å²) in [5.41, 5.74) is 1.20. The third-order valence-electron chi connectivity index (χ3n) is 3.79. The van der Waals surface area contributed by atoms with Crippen LogP contribution in [0.5, 0.6) is 5.75 Å². The molecule has 0 aromatic heterocycles. The van der Waals surface area contributed by atoms with Crippen LogP contribution in [-0.2, 0) is 14.8 Å². The van der Waals surface area contributed by atoms with Crippen LogP contribution in [0.1, 0.15) is 38.8 Å². The molecule has 0 fully saturated rings. The molecule has 26 heavy (non-hydrogen) atoms. The van der Waals surface area contributed by atoms with E-state index < -0.39 is 10.0 Å². The van der Waals surface area contributed by atoms with Crippen LogP contribution >= 0.6 is 0 Å². The van der Waals surface area contributed by atoms with Crippen molar-refractivity contribution in [2.75, 3.05) is 11.9 Å². The highest BCUT2D eigenvalue weighted by atomic mass is 32.2. The molecule has 0 unspecified atom stereocenters. The minimum atomic E-state index is -3.76. The maximum Gasteiger partial charge on any atom is 0.241 e. The fraction of sp³-hybridized carbons (Fsp3) is 0.316. The fourth-order valence-corrected chi connectivity index (χ4v) is 3.66. The predicted molar refractivity (Wildman–Crippen MR) is 102 cm³/mol. The van der Waals surface area contributed by atoms with Crippen molar-refractivity contribution >= 4 is 21.6 Å². The highest BCUT2D eigenvalue weighted by Crippen LogP contribution is 2.28. The Hall–Kier alpha value is -2.38. The van der Waals surface area contributed by atoms with Gasteiger partial charge in [-0.3, -0.25) is 4.79 Å². The number of amides is 1. The number of ether oxygens (including phenoxy) is 1. The lowest BCUT2D eigenvalue weighted by molar-refractivity contribution is -0.115. The third-order valence-corrected chi connectivity index (χ3v) is 5.33. The van der Waals surface area contributed by atoms with E-state index in [4.69, 9.17) is 4.74 Å². The Bertz CT molecular complexity index is 851. The average Bonchev–Trinajstić information content (AvgIpc) is 2.63. The summed E-state index contributed by atoms with van der Waals surface area (Å²) in [6.45, 7) is 5.73. The van der Waals surface area contributed by atoms with Gasteiger partial charge in [-0.05, 0) is 37.6 Å². The van der Waals surface area contributed by atoms with E-state index >= 15 is 0 Å². The van der Waals surface area contributed by atoms with Crippen LogP contribution < -0.4 is 14.8 Å². The summed E-state index contributed by atoms with van der Waals surface area (Å²) >= 11 is 0. The van der Waals surface area contributed by atoms with Gasteiger partial charge in [0.15, 0.2) is 0 Å². The summed E-state index contributed by atoms with van der Waals surface area (Å²) in [6.07, 6.45) is 0.284. The lowest BCUT2D eigenvalue weighted by atomic mass is 10.1. The molecular weight excluding hydrogens is 352 g/mol. The molecule has 6 nitrogen and oxygen atoms in total. The number of nitrogens with one attached hydrogen (secondary N) is 2. The van der Waals surface area contributed by atoms with Crippen LogP contribution in [0.3, 0.4) is 0 Å². The van der Waals surface area contributed by atoms with Crippen LogP contribution in [-0.4, -0.2) is 20.9 Å². The van der Waals surface area contributed by atoms with E-state index in [0.29, 0.717) is 18.0 Å². The second kappa shape index (κ2) is 8.82. The lowest BCUT2D eigenvalue weighted by Gasteiger charge is -2.17. The molecule has 1 atom stereocenters. The molecule has 0 radical (unpaired) electrons. The van der Waals surface area contributed by atoms with Gasteiger partial charge < -0.3 is 10.1 Å². The number of carbonyl (C=O) groups is 1. The summed E-state index contributed by atoms with van der Waals surface area (Å²) in [4.78, 5) is 11.8. The maximum atomic E-state index is 12.7. The van der Waals surface area contributed by atoms with Crippen LogP contribution in [0.25, 0.3) is 0 Å². The average molecular weight is 376 g/mol. The Morgan fingerprint density at radius 2 is 1.81 bits per heavy atom. The van der Waals surface area contributed by atoms with Gasteiger partial charge in [0.05, 0.1) is 17.2 Å². The van der Waals surface area contributed by atoms with Crippen LogP contribution in [0, 0.1) is 0 Å². The van der Waals surface area contributed by atoms with E-state index in [9.17, 15) is 13.2 Å². The molecule has 0 spiro atoms. The molecule has 2 N–H and O–H groups in total. The van der Waals surface area contributed by atoms with Gasteiger partial charge in [0.2, 0.25) is 15.9 Å². The van der Waals surface area contributed by atoms with Crippen molar-refractivity contribution in [2.24, 2.45) is 0 Å². The van der Waals surface area contributed by atoms with Crippen molar-refractivity contribution in [3.63, 3.8) is 0 Å². The van der Waals surface area contributed by atoms with Crippen molar-refractivity contribution in [3.8, 4) is 5.75 Å². The summed E-state index contributed by atoms with van der Waals surface area (Å²) < 4.78 is 33.6. The first-order valence-electron chi connectivity index (χ1n) is 8.51. The summed E-state index contributed by atoms with van der Waals surface area (Å²) in [5, 5.41) is 2.69. The number of benzene rings is 2. The van der Waals surface area contributed by atoms with E-state index in [1.165, 1.54) is 12.1 Å². The second-order valence-electron chi connectivity index (χ2n) is 5.75. The SMILES string of the molecule is CCOc1ccc(S(=O)(=O)N[C@@H](C)c2ccccc2)cc1NC(=O)CC. The van der Waals surface area contributed by atoms with Crippen molar-refractivity contribution in [3.05, 3.63) is 54.1 Å². The number of rotatable bonds is 8. The molecule has 2 rings (SSSR count). The molecule has 0 aliphatic carbocycles. The van der Waals surface area contributed by atoms with E-state index in [1.54, 1.807) is 19.9 Å². The molecule has 7 heteroatoms. The summed E-state index contributed by atoms with van der Waals surface area (Å²) in [7, 11) is -3.76. The number of carbonyl (C=O) groups excluding carboxylic acids is 1. The number of anilines is 1. The molecule has 0 aliphatic heterocycles. The Kier molecular flexibility index (Phi) is 6.76. The normalized spacial score (nSPS) is 12.4. The number of hydrogen-bond acceptors (Lipinski definition) is 4. The van der Waals surface area contributed by atoms with E-state index in [-0.39, 0.29) is 23.3 Å². The molecule has 0 saturated heterocycles. The van der Waals surface area contributed by atoms with E-state index in [1.807, 2.05) is 37.3 Å². The zero-order valence-corrected chi connectivity index (χ0v) is 16.0. The van der Waals surface area contributed by atoms with E-state index in [0.717, 1.165) is 5.56 Å². The molecular formula is C19H24N2O4S. The van der Waals surface area contributed by atoms with Gasteiger partial charge in [0, 0.05) is 12.5 Å². The van der Waals surface area contributed by atoms with Gasteiger partial charge in [0.1, 0.15) is 5.75 Å². The largest absolute Gasteiger partial charge is 0.492 e. The quantitative estimate of drug-likeness (QED) is 0.739. The second-order valence-corrected chi connectivity index (χ2v) is 7.46. The summed E-state index contributed by atoms with van der Waals surface area (Å²) in [6, 6.07) is 13.4. The van der Waals surface area contributed by atoms with Crippen molar-refractivity contribution in [1.29, 1.82) is 0 Å². The molecule has 2 aromatic rings. The van der Waals surface area contributed by atoms with Crippen molar-refractivity contribution in [1.82, 2.24) is 4.72 Å². The molecule has 1 amide bonds. The number of sulfonamides is 1. The first-order chi connectivity index (χ1) is 12.4. The topological polar surface area (TPSA) is 84.5 Å². The zero-order chi connectivity index (χ0) is 19.2. The Morgan fingerprint density at radius 3 is 2.42 bits per heavy atom. The highest BCUT2D eigenvalue weighted by Gasteiger charge is 2.20. The Labute approximate surface area is 154 Å². The minimum absolute atomic E-state index is 0.0649. The maximum absolute atomic E-state index is 12.7. The molecule has 0 heterocycles. The summed E-state index contributed by atoms with van der Waals surface area (Å²) in [5.74, 6) is 0.218. The first kappa shape index (κ1) is 19.9. The van der Waals surface area contributed by atoms with E-state index in [2.05, 4.69) is 10.0 Å². The third kappa shape index (κ3) is 5.06. The Morgan fingerprint density at radius 1 is 1.12 bits per heavy atom. The predicted octanol–water partition coefficient (Wildman–Crippen LogP) is 3.47. The van der Waals surface area contributed by atoms with Gasteiger partial charge in [-0.2, -0.15) is 0 Å². The van der Waals surface area contributed by atoms with Gasteiger partial charge in [-0.25, -0.2) is 13.1 Å². The number of hydrogen-bond donors (Lipinski definition) is 2. The lowest BCUT2D eigenvalue weighted by Crippen LogP contribution is -2.27. The van der Waals surface area contributed by atoms with Crippen LogP contribution in [0.4, 0.5) is 5.69 Å². The Balaban J connectivity index is 2.30. The van der Waals surface area contributed by atoms with Crippen molar-refractivity contribution in [2.45, 2.75) is 38.1 Å². The molecule has 140 valence electrons. The van der Waals surface area contributed by atoms with Gasteiger partial charge in [-0.1, -0.05) is 37.3 Å². The van der Waals surface area contributed by atoms with Crippen LogP contribution in [0.2, 0.25) is 0 Å². The first-order valence-corrected chi connectivity index (χ1v) is 9.99. The molecule has 0 saturated carbocycles. The molecule has 2 aromatic carbocycles. The smallest absolute Gasteiger partial charge is 0.241 e. The fourth-order valence-electron chi connectivity index (χ4n) is 2.40. The monoisotopic (exact) mass is 376 g/mol. The zero-order valence-electron chi connectivity index (χ0n) is 15.2. The molecule has 0 aliphatic rings. The minimum Gasteiger partial charge on any atom is -0.492 e. The molecule has 0 bridgehead atoms. The van der Waals surface area contributed by atoms with Crippen LogP contribution in [0.15, 0.2) is 53.4 Å². The van der Waals surface area contributed by atoms with Gasteiger partial charge >= 0.3 is 0 Å². The highest BCUT2D eigenvalue weighted by molar-refractivity contribution is 7.89. The van der Waals surface area contributed by atoms with Crippen molar-refractivity contribution < 1.29 is 17.9 Å².